The summed E-state index contributed by atoms with van der Waals surface area (Å²) >= 11 is 0. The summed E-state index contributed by atoms with van der Waals surface area (Å²) in [6.45, 7) is 1.44. The Morgan fingerprint density at radius 3 is 2.21 bits per heavy atom. The molecule has 2 heterocycles. The first-order valence-corrected chi connectivity index (χ1v) is 14.1. The highest BCUT2D eigenvalue weighted by Gasteiger charge is 2.39. The molecule has 2 atom stereocenters. The van der Waals surface area contributed by atoms with Gasteiger partial charge in [-0.1, -0.05) is 37.1 Å². The number of benzene rings is 2. The van der Waals surface area contributed by atoms with Gasteiger partial charge in [0.05, 0.1) is 29.8 Å². The van der Waals surface area contributed by atoms with Crippen molar-refractivity contribution >= 4 is 17.7 Å². The highest BCUT2D eigenvalue weighted by atomic mass is 19.1. The second kappa shape index (κ2) is 12.9. The number of amides is 2. The minimum Gasteiger partial charge on any atom is -0.465 e. The number of hydrogen-bond donors (Lipinski definition) is 4. The molecule has 2 amide bonds. The van der Waals surface area contributed by atoms with Crippen molar-refractivity contribution in [2.24, 2.45) is 0 Å². The Bertz CT molecular complexity index is 1350. The molecule has 5 rings (SSSR count). The van der Waals surface area contributed by atoms with E-state index in [0.717, 1.165) is 38.4 Å². The molecule has 2 fully saturated rings. The zero-order valence-electron chi connectivity index (χ0n) is 22.9. The second-order valence-corrected chi connectivity index (χ2v) is 10.9. The van der Waals surface area contributed by atoms with Crippen LogP contribution in [-0.2, 0) is 16.0 Å². The van der Waals surface area contributed by atoms with E-state index in [1.165, 1.54) is 54.7 Å². The van der Waals surface area contributed by atoms with Crippen molar-refractivity contribution in [2.75, 3.05) is 18.4 Å². The quantitative estimate of drug-likeness (QED) is 0.278. The number of nitrogens with zero attached hydrogens (tertiary/aromatic N) is 1. The zero-order chi connectivity index (χ0) is 29.7. The van der Waals surface area contributed by atoms with Crippen molar-refractivity contribution in [1.29, 1.82) is 0 Å². The Labute approximate surface area is 241 Å². The lowest BCUT2D eigenvalue weighted by molar-refractivity contribution is -0.118. The molecule has 11 heteroatoms. The zero-order valence-corrected chi connectivity index (χ0v) is 22.9. The predicted octanol–water partition coefficient (Wildman–Crippen LogP) is 5.14. The fraction of sp³-hybridized carbons (Fsp3) is 0.387. The van der Waals surface area contributed by atoms with Crippen LogP contribution in [-0.4, -0.2) is 52.9 Å². The van der Waals surface area contributed by atoms with Crippen molar-refractivity contribution in [3.8, 4) is 0 Å². The first kappa shape index (κ1) is 29.5. The van der Waals surface area contributed by atoms with Gasteiger partial charge in [0.15, 0.2) is 0 Å². The minimum absolute atomic E-state index is 0.105. The van der Waals surface area contributed by atoms with E-state index in [-0.39, 0.29) is 29.4 Å². The first-order valence-electron chi connectivity index (χ1n) is 14.1. The minimum atomic E-state index is -1.48. The lowest BCUT2D eigenvalue weighted by Crippen LogP contribution is -2.52. The van der Waals surface area contributed by atoms with Crippen LogP contribution in [0.25, 0.3) is 0 Å². The molecular weight excluding hydrogens is 549 g/mol. The van der Waals surface area contributed by atoms with Crippen LogP contribution >= 0.6 is 0 Å². The predicted molar refractivity (Wildman–Crippen MR) is 150 cm³/mol. The van der Waals surface area contributed by atoms with Gasteiger partial charge in [-0.25, -0.2) is 18.0 Å². The summed E-state index contributed by atoms with van der Waals surface area (Å²) in [5.41, 5.74) is 0.979. The molecule has 1 aromatic heterocycles. The third kappa shape index (κ3) is 6.91. The summed E-state index contributed by atoms with van der Waals surface area (Å²) in [5, 5.41) is 18.0. The SMILES string of the molecule is O=C(O)N[C@H](C(=O)Nc1cncc(F)c1CC[C@@H]1CNCC2(CCCC2)O1)C(c1ccc(F)cc1)c1ccc(F)cc1. The molecule has 4 N–H and O–H groups in total. The molecule has 2 aliphatic rings. The number of pyridine rings is 1. The number of nitrogens with one attached hydrogen (secondary N) is 3. The molecule has 42 heavy (non-hydrogen) atoms. The molecule has 8 nitrogen and oxygen atoms in total. The summed E-state index contributed by atoms with van der Waals surface area (Å²) in [7, 11) is 0. The van der Waals surface area contributed by atoms with E-state index in [0.29, 0.717) is 24.1 Å². The number of aromatic nitrogens is 1. The van der Waals surface area contributed by atoms with Crippen molar-refractivity contribution in [3.63, 3.8) is 0 Å². The fourth-order valence-corrected chi connectivity index (χ4v) is 6.06. The van der Waals surface area contributed by atoms with E-state index in [1.54, 1.807) is 0 Å². The lowest BCUT2D eigenvalue weighted by atomic mass is 9.84. The number of morpholine rings is 1. The molecule has 1 spiro atoms. The number of carbonyl (C=O) groups excluding carboxylic acids is 1. The van der Waals surface area contributed by atoms with Crippen LogP contribution in [0.5, 0.6) is 0 Å². The summed E-state index contributed by atoms with van der Waals surface area (Å²) in [6, 6.07) is 9.03. The Hall–Kier alpha value is -3.96. The largest absolute Gasteiger partial charge is 0.465 e. The van der Waals surface area contributed by atoms with Gasteiger partial charge < -0.3 is 25.8 Å². The van der Waals surface area contributed by atoms with Gasteiger partial charge in [0.2, 0.25) is 5.91 Å². The van der Waals surface area contributed by atoms with Gasteiger partial charge in [0.25, 0.3) is 0 Å². The Balaban J connectivity index is 1.40. The molecule has 1 aliphatic carbocycles. The standard InChI is InChI=1S/C31H33F3N4O4/c32-21-7-3-19(4-8-21)27(20-5-9-22(33)10-6-20)28(38-30(40)41)29(39)37-26-17-35-16-25(34)24(26)12-11-23-15-36-18-31(42-23)13-1-2-14-31/h3-10,16-17,23,27-28,36,38H,1-2,11-15,18H2,(H,37,39)(H,40,41)/t23-,28+/m1/s1. The summed E-state index contributed by atoms with van der Waals surface area (Å²) in [6.07, 6.45) is 5.74. The summed E-state index contributed by atoms with van der Waals surface area (Å²) in [4.78, 5) is 29.5. The third-order valence-corrected chi connectivity index (χ3v) is 8.08. The van der Waals surface area contributed by atoms with Crippen molar-refractivity contribution in [2.45, 2.75) is 62.2 Å². The molecule has 3 aromatic rings. The molecular formula is C31H33F3N4O4. The number of carboxylic acid groups (broad SMARTS) is 1. The maximum Gasteiger partial charge on any atom is 0.405 e. The van der Waals surface area contributed by atoms with Crippen LogP contribution in [0.2, 0.25) is 0 Å². The molecule has 1 saturated carbocycles. The van der Waals surface area contributed by atoms with Gasteiger partial charge in [-0.3, -0.25) is 9.78 Å². The number of carbonyl (C=O) groups is 2. The molecule has 222 valence electrons. The molecule has 0 radical (unpaired) electrons. The monoisotopic (exact) mass is 582 g/mol. The molecule has 1 aliphatic heterocycles. The molecule has 2 aromatic carbocycles. The molecule has 0 unspecified atom stereocenters. The van der Waals surface area contributed by atoms with E-state index in [9.17, 15) is 23.5 Å². The van der Waals surface area contributed by atoms with Crippen LogP contribution in [0, 0.1) is 17.5 Å². The van der Waals surface area contributed by atoms with E-state index in [4.69, 9.17) is 4.74 Å². The summed E-state index contributed by atoms with van der Waals surface area (Å²) < 4.78 is 49.0. The van der Waals surface area contributed by atoms with Crippen LogP contribution in [0.4, 0.5) is 23.7 Å². The van der Waals surface area contributed by atoms with Crippen LogP contribution < -0.4 is 16.0 Å². The number of anilines is 1. The first-order chi connectivity index (χ1) is 20.2. The van der Waals surface area contributed by atoms with Crippen LogP contribution in [0.3, 0.4) is 0 Å². The smallest absolute Gasteiger partial charge is 0.405 e. The topological polar surface area (TPSA) is 113 Å². The van der Waals surface area contributed by atoms with E-state index in [2.05, 4.69) is 20.9 Å². The fourth-order valence-electron chi connectivity index (χ4n) is 6.06. The maximum absolute atomic E-state index is 15.1. The van der Waals surface area contributed by atoms with Gasteiger partial charge >= 0.3 is 6.09 Å². The van der Waals surface area contributed by atoms with Crippen molar-refractivity contribution in [1.82, 2.24) is 15.6 Å². The normalized spacial score (nSPS) is 18.6. The van der Waals surface area contributed by atoms with E-state index < -0.39 is 41.4 Å². The third-order valence-electron chi connectivity index (χ3n) is 8.08. The van der Waals surface area contributed by atoms with Gasteiger partial charge in [0, 0.05) is 24.6 Å². The van der Waals surface area contributed by atoms with Crippen molar-refractivity contribution in [3.05, 3.63) is 95.1 Å². The maximum atomic E-state index is 15.1. The van der Waals surface area contributed by atoms with Gasteiger partial charge in [-0.2, -0.15) is 0 Å². The molecule has 1 saturated heterocycles. The summed E-state index contributed by atoms with van der Waals surface area (Å²) in [5.74, 6) is -3.39. The highest BCUT2D eigenvalue weighted by molar-refractivity contribution is 5.98. The van der Waals surface area contributed by atoms with Gasteiger partial charge in [-0.15, -0.1) is 0 Å². The van der Waals surface area contributed by atoms with Gasteiger partial charge in [0.1, 0.15) is 23.5 Å². The molecule has 0 bridgehead atoms. The number of hydrogen-bond acceptors (Lipinski definition) is 5. The van der Waals surface area contributed by atoms with Crippen LogP contribution in [0.15, 0.2) is 60.9 Å². The average Bonchev–Trinajstić information content (AvgIpc) is 3.41. The number of halogens is 3. The van der Waals surface area contributed by atoms with Crippen molar-refractivity contribution < 1.29 is 32.6 Å². The highest BCUT2D eigenvalue weighted by Crippen LogP contribution is 2.36. The van der Waals surface area contributed by atoms with E-state index >= 15 is 4.39 Å². The Kier molecular flexibility index (Phi) is 9.08. The second-order valence-electron chi connectivity index (χ2n) is 10.9. The number of ether oxygens (including phenoxy) is 1. The van der Waals surface area contributed by atoms with E-state index in [1.807, 2.05) is 0 Å². The Morgan fingerprint density at radius 2 is 1.62 bits per heavy atom. The van der Waals surface area contributed by atoms with Gasteiger partial charge in [-0.05, 0) is 61.1 Å². The number of rotatable bonds is 9. The average molecular weight is 583 g/mol. The Morgan fingerprint density at radius 1 is 1.00 bits per heavy atom. The van der Waals surface area contributed by atoms with Crippen LogP contribution in [0.1, 0.15) is 54.7 Å². The lowest BCUT2D eigenvalue weighted by Gasteiger charge is -2.39.